The summed E-state index contributed by atoms with van der Waals surface area (Å²) in [4.78, 5) is 11.6. The molecular formula is C18H29N3O2. The van der Waals surface area contributed by atoms with Gasteiger partial charge >= 0.3 is 6.09 Å². The summed E-state index contributed by atoms with van der Waals surface area (Å²) in [5, 5.41) is 6.32. The maximum Gasteiger partial charge on any atom is 0.407 e. The van der Waals surface area contributed by atoms with Crippen LogP contribution in [-0.2, 0) is 17.8 Å². The fraction of sp³-hybridized carbons (Fsp3) is 0.611. The van der Waals surface area contributed by atoms with Crippen LogP contribution in [0.1, 0.15) is 51.2 Å². The smallest absolute Gasteiger partial charge is 0.407 e. The Morgan fingerprint density at radius 1 is 1.17 bits per heavy atom. The van der Waals surface area contributed by atoms with E-state index >= 15 is 0 Å². The maximum atomic E-state index is 11.6. The predicted octanol–water partition coefficient (Wildman–Crippen LogP) is 2.68. The number of carbonyl (C=O) groups is 1. The zero-order valence-corrected chi connectivity index (χ0v) is 14.4. The minimum Gasteiger partial charge on any atom is -0.444 e. The third-order valence-corrected chi connectivity index (χ3v) is 3.93. The van der Waals surface area contributed by atoms with E-state index < -0.39 is 5.60 Å². The van der Waals surface area contributed by atoms with Gasteiger partial charge in [-0.15, -0.1) is 0 Å². The van der Waals surface area contributed by atoms with E-state index in [-0.39, 0.29) is 6.09 Å². The first-order valence-electron chi connectivity index (χ1n) is 8.35. The summed E-state index contributed by atoms with van der Waals surface area (Å²) in [6.07, 6.45) is 2.96. The van der Waals surface area contributed by atoms with Gasteiger partial charge < -0.3 is 21.1 Å². The minimum atomic E-state index is -0.470. The summed E-state index contributed by atoms with van der Waals surface area (Å²) in [6.45, 7) is 6.89. The number of benzene rings is 1. The number of carbonyl (C=O) groups excluding carboxylic acids is 1. The van der Waals surface area contributed by atoms with Crippen LogP contribution >= 0.6 is 0 Å². The lowest BCUT2D eigenvalue weighted by molar-refractivity contribution is 0.0523. The van der Waals surface area contributed by atoms with E-state index in [9.17, 15) is 4.79 Å². The number of nitrogens with two attached hydrogens (primary N) is 1. The van der Waals surface area contributed by atoms with Gasteiger partial charge in [-0.05, 0) is 51.2 Å². The van der Waals surface area contributed by atoms with E-state index in [0.717, 1.165) is 24.9 Å². The molecule has 0 spiro atoms. The van der Waals surface area contributed by atoms with Crippen molar-refractivity contribution in [2.24, 2.45) is 5.73 Å². The lowest BCUT2D eigenvalue weighted by Crippen LogP contribution is -2.32. The first-order chi connectivity index (χ1) is 10.8. The highest BCUT2D eigenvalue weighted by molar-refractivity contribution is 5.67. The molecular weight excluding hydrogens is 290 g/mol. The second-order valence-electron chi connectivity index (χ2n) is 7.32. The van der Waals surface area contributed by atoms with Crippen molar-refractivity contribution in [2.75, 3.05) is 0 Å². The fourth-order valence-electron chi connectivity index (χ4n) is 2.73. The van der Waals surface area contributed by atoms with Gasteiger partial charge in [0.1, 0.15) is 5.60 Å². The van der Waals surface area contributed by atoms with Crippen LogP contribution in [0.5, 0.6) is 0 Å². The number of nitrogens with one attached hydrogen (secondary N) is 2. The van der Waals surface area contributed by atoms with E-state index in [0.29, 0.717) is 18.6 Å². The molecule has 2 rings (SSSR count). The molecule has 1 amide bonds. The number of alkyl carbamates (subject to hydrolysis) is 1. The van der Waals surface area contributed by atoms with Crippen molar-refractivity contribution in [2.45, 2.75) is 70.8 Å². The molecule has 1 aliphatic carbocycles. The van der Waals surface area contributed by atoms with Gasteiger partial charge in [0.25, 0.3) is 0 Å². The summed E-state index contributed by atoms with van der Waals surface area (Å²) in [6, 6.07) is 9.15. The monoisotopic (exact) mass is 319 g/mol. The molecule has 0 heterocycles. The van der Waals surface area contributed by atoms with Crippen LogP contribution in [0, 0.1) is 0 Å². The van der Waals surface area contributed by atoms with Gasteiger partial charge in [0.2, 0.25) is 0 Å². The number of amides is 1. The van der Waals surface area contributed by atoms with Gasteiger partial charge in [-0.25, -0.2) is 4.79 Å². The third kappa shape index (κ3) is 6.59. The molecule has 0 saturated heterocycles. The third-order valence-electron chi connectivity index (χ3n) is 3.93. The molecule has 0 bridgehead atoms. The molecule has 0 aliphatic heterocycles. The van der Waals surface area contributed by atoms with Crippen molar-refractivity contribution in [1.29, 1.82) is 0 Å². The van der Waals surface area contributed by atoms with Crippen LogP contribution < -0.4 is 16.4 Å². The van der Waals surface area contributed by atoms with E-state index in [1.54, 1.807) is 0 Å². The molecule has 2 unspecified atom stereocenters. The van der Waals surface area contributed by atoms with Crippen LogP contribution in [0.25, 0.3) is 0 Å². The lowest BCUT2D eigenvalue weighted by atomic mass is 10.1. The Kier molecular flexibility index (Phi) is 6.02. The number of ether oxygens (including phenoxy) is 1. The summed E-state index contributed by atoms with van der Waals surface area (Å²) in [5.74, 6) is 0. The molecule has 5 heteroatoms. The molecule has 0 aromatic heterocycles. The molecule has 128 valence electrons. The van der Waals surface area contributed by atoms with E-state index in [1.807, 2.05) is 32.9 Å². The Bertz CT molecular complexity index is 508. The number of rotatable bonds is 5. The SMILES string of the molecule is CC(C)(C)OC(=O)NCc1ccc(CNC2CCC(N)C2)cc1. The van der Waals surface area contributed by atoms with Gasteiger partial charge in [0.15, 0.2) is 0 Å². The Morgan fingerprint density at radius 2 is 1.78 bits per heavy atom. The van der Waals surface area contributed by atoms with Crippen molar-refractivity contribution < 1.29 is 9.53 Å². The molecule has 23 heavy (non-hydrogen) atoms. The van der Waals surface area contributed by atoms with E-state index in [4.69, 9.17) is 10.5 Å². The van der Waals surface area contributed by atoms with Crippen molar-refractivity contribution in [3.05, 3.63) is 35.4 Å². The second-order valence-corrected chi connectivity index (χ2v) is 7.32. The van der Waals surface area contributed by atoms with Crippen LogP contribution in [0.4, 0.5) is 4.79 Å². The molecule has 1 aromatic rings. The summed E-state index contributed by atoms with van der Waals surface area (Å²) < 4.78 is 5.22. The Labute approximate surface area is 139 Å². The Morgan fingerprint density at radius 3 is 2.30 bits per heavy atom. The number of hydrogen-bond acceptors (Lipinski definition) is 4. The van der Waals surface area contributed by atoms with Gasteiger partial charge in [0.05, 0.1) is 0 Å². The van der Waals surface area contributed by atoms with E-state index in [2.05, 4.69) is 22.8 Å². The predicted molar refractivity (Wildman–Crippen MR) is 92.0 cm³/mol. The molecule has 1 saturated carbocycles. The lowest BCUT2D eigenvalue weighted by Gasteiger charge is -2.19. The highest BCUT2D eigenvalue weighted by atomic mass is 16.6. The second kappa shape index (κ2) is 7.79. The largest absolute Gasteiger partial charge is 0.444 e. The van der Waals surface area contributed by atoms with Gasteiger partial charge in [-0.1, -0.05) is 24.3 Å². The zero-order chi connectivity index (χ0) is 16.9. The molecule has 4 N–H and O–H groups in total. The zero-order valence-electron chi connectivity index (χ0n) is 14.4. The van der Waals surface area contributed by atoms with Gasteiger partial charge in [-0.3, -0.25) is 0 Å². The van der Waals surface area contributed by atoms with Crippen molar-refractivity contribution in [3.63, 3.8) is 0 Å². The topological polar surface area (TPSA) is 76.4 Å². The molecule has 1 fully saturated rings. The number of hydrogen-bond donors (Lipinski definition) is 3. The first kappa shape index (κ1) is 17.8. The van der Waals surface area contributed by atoms with Crippen LogP contribution in [-0.4, -0.2) is 23.8 Å². The quantitative estimate of drug-likeness (QED) is 0.780. The normalized spacial score (nSPS) is 21.2. The molecule has 0 radical (unpaired) electrons. The highest BCUT2D eigenvalue weighted by Gasteiger charge is 2.20. The maximum absolute atomic E-state index is 11.6. The van der Waals surface area contributed by atoms with Gasteiger partial charge in [0, 0.05) is 25.2 Å². The van der Waals surface area contributed by atoms with Crippen molar-refractivity contribution >= 4 is 6.09 Å². The van der Waals surface area contributed by atoms with Gasteiger partial charge in [-0.2, -0.15) is 0 Å². The van der Waals surface area contributed by atoms with Crippen LogP contribution in [0.3, 0.4) is 0 Å². The fourth-order valence-corrected chi connectivity index (χ4v) is 2.73. The van der Waals surface area contributed by atoms with Crippen LogP contribution in [0.2, 0.25) is 0 Å². The minimum absolute atomic E-state index is 0.355. The average molecular weight is 319 g/mol. The Balaban J connectivity index is 1.73. The molecule has 5 nitrogen and oxygen atoms in total. The average Bonchev–Trinajstić information content (AvgIpc) is 2.88. The summed E-state index contributed by atoms with van der Waals surface area (Å²) in [5.41, 5.74) is 7.76. The first-order valence-corrected chi connectivity index (χ1v) is 8.35. The molecule has 1 aromatic carbocycles. The van der Waals surface area contributed by atoms with Crippen molar-refractivity contribution in [3.8, 4) is 0 Å². The van der Waals surface area contributed by atoms with Crippen LogP contribution in [0.15, 0.2) is 24.3 Å². The van der Waals surface area contributed by atoms with E-state index in [1.165, 1.54) is 12.0 Å². The summed E-state index contributed by atoms with van der Waals surface area (Å²) in [7, 11) is 0. The highest BCUT2D eigenvalue weighted by Crippen LogP contribution is 2.17. The molecule has 2 atom stereocenters. The molecule has 1 aliphatic rings. The standard InChI is InChI=1S/C18H29N3O2/c1-18(2,3)23-17(22)21-12-14-6-4-13(5-7-14)11-20-16-9-8-15(19)10-16/h4-7,15-16,20H,8-12,19H2,1-3H3,(H,21,22). The van der Waals surface area contributed by atoms with Crippen molar-refractivity contribution in [1.82, 2.24) is 10.6 Å². The summed E-state index contributed by atoms with van der Waals surface area (Å²) >= 11 is 0. The Hall–Kier alpha value is -1.59.